The van der Waals surface area contributed by atoms with E-state index < -0.39 is 0 Å². The van der Waals surface area contributed by atoms with E-state index in [1.165, 1.54) is 4.90 Å². The summed E-state index contributed by atoms with van der Waals surface area (Å²) in [6.07, 6.45) is 0. The van der Waals surface area contributed by atoms with Gasteiger partial charge in [-0.2, -0.15) is 0 Å². The predicted molar refractivity (Wildman–Crippen MR) is 88.5 cm³/mol. The number of rotatable bonds is 4. The molecule has 0 aliphatic heterocycles. The molecule has 0 saturated carbocycles. The van der Waals surface area contributed by atoms with E-state index in [-0.39, 0.29) is 17.0 Å². The Balaban J connectivity index is 2.50. The first-order valence-corrected chi connectivity index (χ1v) is 7.76. The Hall–Kier alpha value is -1.65. The number of carbonyl (C=O) groups is 2. The van der Waals surface area contributed by atoms with Crippen LogP contribution in [0.3, 0.4) is 0 Å². The molecule has 0 unspecified atom stereocenters. The Bertz CT molecular complexity index is 673. The summed E-state index contributed by atoms with van der Waals surface area (Å²) in [6, 6.07) is 13.8. The zero-order valence-electron chi connectivity index (χ0n) is 11.3. The molecule has 0 radical (unpaired) electrons. The fraction of sp³-hybridized carbons (Fsp3) is 0.125. The number of hydrogen-bond donors (Lipinski definition) is 0. The standard InChI is InChI=1S/C16H13BrClNO2/c1-19(15(20)10-17)14-8-7-12(18)9-13(14)16(21)11-5-3-2-4-6-11/h2-9H,10H2,1H3. The predicted octanol–water partition coefficient (Wildman–Crippen LogP) is 3.93. The molecule has 2 aromatic rings. The first-order chi connectivity index (χ1) is 10.0. The Morgan fingerprint density at radius 3 is 2.43 bits per heavy atom. The second-order valence-electron chi connectivity index (χ2n) is 4.44. The average Bonchev–Trinajstić information content (AvgIpc) is 2.53. The molecule has 108 valence electrons. The van der Waals surface area contributed by atoms with Gasteiger partial charge in [-0.3, -0.25) is 9.59 Å². The van der Waals surface area contributed by atoms with Gasteiger partial charge in [0.1, 0.15) is 0 Å². The molecule has 0 aliphatic carbocycles. The molecule has 0 aliphatic rings. The minimum absolute atomic E-state index is 0.139. The molecule has 0 saturated heterocycles. The van der Waals surface area contributed by atoms with Crippen LogP contribution in [0.25, 0.3) is 0 Å². The molecule has 3 nitrogen and oxygen atoms in total. The zero-order valence-corrected chi connectivity index (χ0v) is 13.7. The first kappa shape index (κ1) is 15.7. The van der Waals surface area contributed by atoms with Crippen molar-refractivity contribution in [3.63, 3.8) is 0 Å². The van der Waals surface area contributed by atoms with E-state index in [1.807, 2.05) is 6.07 Å². The highest BCUT2D eigenvalue weighted by Gasteiger charge is 2.19. The van der Waals surface area contributed by atoms with E-state index in [1.54, 1.807) is 49.5 Å². The summed E-state index contributed by atoms with van der Waals surface area (Å²) in [6.45, 7) is 0. The number of carbonyl (C=O) groups excluding carboxylic acids is 2. The third kappa shape index (κ3) is 3.52. The molecule has 0 N–H and O–H groups in total. The highest BCUT2D eigenvalue weighted by molar-refractivity contribution is 9.09. The maximum Gasteiger partial charge on any atom is 0.237 e. The van der Waals surface area contributed by atoms with Crippen LogP contribution < -0.4 is 4.90 Å². The number of halogens is 2. The number of benzene rings is 2. The average molecular weight is 367 g/mol. The molecule has 21 heavy (non-hydrogen) atoms. The quantitative estimate of drug-likeness (QED) is 0.607. The lowest BCUT2D eigenvalue weighted by molar-refractivity contribution is -0.115. The number of alkyl halides is 1. The minimum atomic E-state index is -0.165. The van der Waals surface area contributed by atoms with Crippen LogP contribution in [0.15, 0.2) is 48.5 Å². The van der Waals surface area contributed by atoms with Crippen molar-refractivity contribution in [1.29, 1.82) is 0 Å². The zero-order chi connectivity index (χ0) is 15.4. The third-order valence-corrected chi connectivity index (χ3v) is 3.80. The van der Waals surface area contributed by atoms with E-state index in [0.29, 0.717) is 21.8 Å². The van der Waals surface area contributed by atoms with Gasteiger partial charge < -0.3 is 4.90 Å². The maximum atomic E-state index is 12.6. The van der Waals surface area contributed by atoms with Crippen LogP contribution in [0, 0.1) is 0 Å². The Morgan fingerprint density at radius 1 is 1.14 bits per heavy atom. The summed E-state index contributed by atoms with van der Waals surface area (Å²) in [4.78, 5) is 25.9. The summed E-state index contributed by atoms with van der Waals surface area (Å²) in [5.41, 5.74) is 1.50. The molecular weight excluding hydrogens is 354 g/mol. The molecule has 0 heterocycles. The summed E-state index contributed by atoms with van der Waals surface area (Å²) in [7, 11) is 1.63. The van der Waals surface area contributed by atoms with Crippen molar-refractivity contribution in [2.24, 2.45) is 0 Å². The number of amides is 1. The molecule has 0 atom stereocenters. The summed E-state index contributed by atoms with van der Waals surface area (Å²) in [5.74, 6) is -0.304. The monoisotopic (exact) mass is 365 g/mol. The Kier molecular flexibility index (Phi) is 5.15. The lowest BCUT2D eigenvalue weighted by Gasteiger charge is -2.19. The summed E-state index contributed by atoms with van der Waals surface area (Å²) >= 11 is 9.13. The Labute approximate surface area is 136 Å². The molecule has 2 rings (SSSR count). The molecular formula is C16H13BrClNO2. The summed E-state index contributed by atoms with van der Waals surface area (Å²) in [5, 5.41) is 0.642. The lowest BCUT2D eigenvalue weighted by Crippen LogP contribution is -2.28. The molecule has 5 heteroatoms. The van der Waals surface area contributed by atoms with E-state index in [4.69, 9.17) is 11.6 Å². The highest BCUT2D eigenvalue weighted by atomic mass is 79.9. The third-order valence-electron chi connectivity index (χ3n) is 3.09. The number of hydrogen-bond acceptors (Lipinski definition) is 2. The molecule has 0 fully saturated rings. The summed E-state index contributed by atoms with van der Waals surface area (Å²) < 4.78 is 0. The smallest absolute Gasteiger partial charge is 0.237 e. The highest BCUT2D eigenvalue weighted by Crippen LogP contribution is 2.26. The first-order valence-electron chi connectivity index (χ1n) is 6.26. The molecule has 0 bridgehead atoms. The fourth-order valence-electron chi connectivity index (χ4n) is 1.95. The second-order valence-corrected chi connectivity index (χ2v) is 5.44. The van der Waals surface area contributed by atoms with Crippen molar-refractivity contribution in [2.45, 2.75) is 0 Å². The second kappa shape index (κ2) is 6.87. The van der Waals surface area contributed by atoms with Gasteiger partial charge in [0, 0.05) is 23.2 Å². The number of anilines is 1. The van der Waals surface area contributed by atoms with Gasteiger partial charge in [0.15, 0.2) is 5.78 Å². The van der Waals surface area contributed by atoms with Crippen LogP contribution in [0.1, 0.15) is 15.9 Å². The molecule has 0 aromatic heterocycles. The van der Waals surface area contributed by atoms with Crippen LogP contribution in [-0.4, -0.2) is 24.1 Å². The fourth-order valence-corrected chi connectivity index (χ4v) is 2.50. The van der Waals surface area contributed by atoms with Crippen LogP contribution in [0.5, 0.6) is 0 Å². The van der Waals surface area contributed by atoms with Crippen LogP contribution in [-0.2, 0) is 4.79 Å². The number of ketones is 1. The lowest BCUT2D eigenvalue weighted by atomic mass is 10.0. The SMILES string of the molecule is CN(C(=O)CBr)c1ccc(Cl)cc1C(=O)c1ccccc1. The van der Waals surface area contributed by atoms with E-state index >= 15 is 0 Å². The van der Waals surface area contributed by atoms with Crippen molar-refractivity contribution < 1.29 is 9.59 Å². The van der Waals surface area contributed by atoms with E-state index in [0.717, 1.165) is 0 Å². The van der Waals surface area contributed by atoms with Crippen LogP contribution >= 0.6 is 27.5 Å². The largest absolute Gasteiger partial charge is 0.314 e. The van der Waals surface area contributed by atoms with Gasteiger partial charge in [-0.05, 0) is 18.2 Å². The molecule has 2 aromatic carbocycles. The van der Waals surface area contributed by atoms with Crippen molar-refractivity contribution >= 4 is 44.9 Å². The van der Waals surface area contributed by atoms with Crippen LogP contribution in [0.2, 0.25) is 5.02 Å². The van der Waals surface area contributed by atoms with E-state index in [2.05, 4.69) is 15.9 Å². The molecule has 1 amide bonds. The van der Waals surface area contributed by atoms with Crippen molar-refractivity contribution in [1.82, 2.24) is 0 Å². The van der Waals surface area contributed by atoms with Gasteiger partial charge in [0.05, 0.1) is 11.0 Å². The minimum Gasteiger partial charge on any atom is -0.314 e. The van der Waals surface area contributed by atoms with Crippen molar-refractivity contribution in [3.8, 4) is 0 Å². The van der Waals surface area contributed by atoms with Gasteiger partial charge in [-0.1, -0.05) is 57.9 Å². The van der Waals surface area contributed by atoms with Crippen molar-refractivity contribution in [2.75, 3.05) is 17.3 Å². The maximum absolute atomic E-state index is 12.6. The van der Waals surface area contributed by atoms with E-state index in [9.17, 15) is 9.59 Å². The number of nitrogens with zero attached hydrogens (tertiary/aromatic N) is 1. The van der Waals surface area contributed by atoms with Crippen LogP contribution in [0.4, 0.5) is 5.69 Å². The Morgan fingerprint density at radius 2 is 1.81 bits per heavy atom. The van der Waals surface area contributed by atoms with Crippen molar-refractivity contribution in [3.05, 3.63) is 64.7 Å². The van der Waals surface area contributed by atoms with Gasteiger partial charge in [-0.25, -0.2) is 0 Å². The van der Waals surface area contributed by atoms with Gasteiger partial charge in [0.2, 0.25) is 5.91 Å². The van der Waals surface area contributed by atoms with Gasteiger partial charge in [-0.15, -0.1) is 0 Å². The molecule has 0 spiro atoms. The normalized spacial score (nSPS) is 10.2. The topological polar surface area (TPSA) is 37.4 Å². The van der Waals surface area contributed by atoms with Gasteiger partial charge >= 0.3 is 0 Å². The van der Waals surface area contributed by atoms with Gasteiger partial charge in [0.25, 0.3) is 0 Å².